The molecule has 0 aromatic heterocycles. The lowest BCUT2D eigenvalue weighted by Gasteiger charge is -2.28. The maximum absolute atomic E-state index is 12.4. The second-order valence-corrected chi connectivity index (χ2v) is 5.27. The molecule has 132 valence electrons. The summed E-state index contributed by atoms with van der Waals surface area (Å²) in [5, 5.41) is 23.6. The third-order valence-electron chi connectivity index (χ3n) is 3.55. The van der Waals surface area contributed by atoms with E-state index in [1.54, 1.807) is 26.0 Å². The topological polar surface area (TPSA) is 121 Å². The number of aromatic hydroxyl groups is 1. The van der Waals surface area contributed by atoms with Gasteiger partial charge in [0, 0.05) is 5.70 Å². The van der Waals surface area contributed by atoms with Crippen molar-refractivity contribution in [3.05, 3.63) is 35.0 Å². The average Bonchev–Trinajstić information content (AvgIpc) is 2.56. The third kappa shape index (κ3) is 4.20. The van der Waals surface area contributed by atoms with E-state index in [1.165, 1.54) is 6.07 Å². The normalized spacial score (nSPS) is 16.5. The summed E-state index contributed by atoms with van der Waals surface area (Å²) >= 11 is 0. The van der Waals surface area contributed by atoms with Gasteiger partial charge in [0.2, 0.25) is 0 Å². The highest BCUT2D eigenvalue weighted by Gasteiger charge is 2.32. The zero-order valence-electron chi connectivity index (χ0n) is 14.0. The number of nitrogens with zero attached hydrogens (tertiary/aromatic N) is 1. The molecule has 0 radical (unpaired) electrons. The van der Waals surface area contributed by atoms with E-state index in [0.717, 1.165) is 0 Å². The lowest BCUT2D eigenvalue weighted by atomic mass is 9.95. The Labute approximate surface area is 145 Å². The predicted octanol–water partition coefficient (Wildman–Crippen LogP) is 1.88. The standard InChI is InChI=1S/C17H19N3O5/c1-3-24-13-9-11(5-6-12(13)21)15-14(10(2)19-17(23)20-15)16(22)25-8-4-7-18/h5-6,9,15,21H,3-4,8H2,1-2H3,(H2,19,20,23)/t15-/m0/s1. The molecule has 8 nitrogen and oxygen atoms in total. The van der Waals surface area contributed by atoms with E-state index < -0.39 is 18.0 Å². The van der Waals surface area contributed by atoms with Gasteiger partial charge in [0.1, 0.15) is 6.61 Å². The molecule has 0 saturated carbocycles. The number of allylic oxidation sites excluding steroid dienone is 1. The van der Waals surface area contributed by atoms with Gasteiger partial charge in [0.15, 0.2) is 11.5 Å². The smallest absolute Gasteiger partial charge is 0.338 e. The van der Waals surface area contributed by atoms with Crippen molar-refractivity contribution in [3.63, 3.8) is 0 Å². The van der Waals surface area contributed by atoms with Crippen molar-refractivity contribution in [1.82, 2.24) is 10.6 Å². The van der Waals surface area contributed by atoms with Crippen LogP contribution in [0.3, 0.4) is 0 Å². The summed E-state index contributed by atoms with van der Waals surface area (Å²) in [5.74, 6) is -0.413. The number of nitriles is 1. The van der Waals surface area contributed by atoms with E-state index in [1.807, 2.05) is 6.07 Å². The Morgan fingerprint density at radius 3 is 2.88 bits per heavy atom. The van der Waals surface area contributed by atoms with Crippen LogP contribution in [0, 0.1) is 11.3 Å². The van der Waals surface area contributed by atoms with Crippen molar-refractivity contribution in [3.8, 4) is 17.6 Å². The quantitative estimate of drug-likeness (QED) is 0.535. The molecule has 1 aromatic rings. The zero-order chi connectivity index (χ0) is 18.4. The van der Waals surface area contributed by atoms with Gasteiger partial charge < -0.3 is 25.2 Å². The van der Waals surface area contributed by atoms with Crippen molar-refractivity contribution in [2.45, 2.75) is 26.3 Å². The second kappa shape index (κ2) is 8.06. The monoisotopic (exact) mass is 345 g/mol. The molecule has 0 unspecified atom stereocenters. The van der Waals surface area contributed by atoms with Crippen LogP contribution < -0.4 is 15.4 Å². The number of amides is 2. The number of urea groups is 1. The fourth-order valence-electron chi connectivity index (χ4n) is 2.46. The van der Waals surface area contributed by atoms with E-state index in [9.17, 15) is 14.7 Å². The minimum absolute atomic E-state index is 0.0352. The van der Waals surface area contributed by atoms with Gasteiger partial charge >= 0.3 is 12.0 Å². The number of ether oxygens (including phenoxy) is 2. The number of esters is 1. The highest BCUT2D eigenvalue weighted by atomic mass is 16.5. The average molecular weight is 345 g/mol. The molecule has 1 aliphatic heterocycles. The molecule has 1 aliphatic rings. The fraction of sp³-hybridized carbons (Fsp3) is 0.353. The molecule has 2 rings (SSSR count). The van der Waals surface area contributed by atoms with E-state index in [4.69, 9.17) is 14.7 Å². The summed E-state index contributed by atoms with van der Waals surface area (Å²) < 4.78 is 10.4. The van der Waals surface area contributed by atoms with Crippen LogP contribution >= 0.6 is 0 Å². The first-order valence-electron chi connectivity index (χ1n) is 7.76. The maximum atomic E-state index is 12.4. The number of benzene rings is 1. The predicted molar refractivity (Wildman–Crippen MR) is 87.6 cm³/mol. The number of nitrogens with one attached hydrogen (secondary N) is 2. The molecule has 25 heavy (non-hydrogen) atoms. The van der Waals surface area contributed by atoms with Gasteiger partial charge in [0.05, 0.1) is 30.7 Å². The van der Waals surface area contributed by atoms with E-state index >= 15 is 0 Å². The van der Waals surface area contributed by atoms with Crippen molar-refractivity contribution in [2.24, 2.45) is 0 Å². The van der Waals surface area contributed by atoms with Crippen molar-refractivity contribution < 1.29 is 24.2 Å². The van der Waals surface area contributed by atoms with E-state index in [-0.39, 0.29) is 30.1 Å². The molecule has 1 atom stereocenters. The Hall–Kier alpha value is -3.21. The van der Waals surface area contributed by atoms with Gasteiger partial charge in [0.25, 0.3) is 0 Å². The third-order valence-corrected chi connectivity index (χ3v) is 3.55. The Bertz CT molecular complexity index is 751. The second-order valence-electron chi connectivity index (χ2n) is 5.27. The van der Waals surface area contributed by atoms with Crippen LogP contribution in [0.5, 0.6) is 11.5 Å². The SMILES string of the molecule is CCOc1cc([C@@H]2NC(=O)NC(C)=C2C(=O)OCCC#N)ccc1O. The molecular formula is C17H19N3O5. The summed E-state index contributed by atoms with van der Waals surface area (Å²) in [5.41, 5.74) is 1.15. The first-order valence-corrected chi connectivity index (χ1v) is 7.76. The minimum atomic E-state index is -0.761. The van der Waals surface area contributed by atoms with Gasteiger partial charge in [-0.1, -0.05) is 6.07 Å². The van der Waals surface area contributed by atoms with Crippen LogP contribution in [0.4, 0.5) is 4.79 Å². The molecule has 0 saturated heterocycles. The van der Waals surface area contributed by atoms with Gasteiger partial charge in [-0.05, 0) is 31.5 Å². The van der Waals surface area contributed by atoms with Crippen molar-refractivity contribution >= 4 is 12.0 Å². The number of carbonyl (C=O) groups excluding carboxylic acids is 2. The van der Waals surface area contributed by atoms with Crippen LogP contribution in [0.25, 0.3) is 0 Å². The molecule has 0 spiro atoms. The fourth-order valence-corrected chi connectivity index (χ4v) is 2.46. The Balaban J connectivity index is 2.37. The summed E-state index contributed by atoms with van der Waals surface area (Å²) in [6.07, 6.45) is 0.0796. The van der Waals surface area contributed by atoms with Gasteiger partial charge in [-0.3, -0.25) is 0 Å². The Kier molecular flexibility index (Phi) is 5.84. The van der Waals surface area contributed by atoms with Crippen LogP contribution in [0.15, 0.2) is 29.5 Å². The van der Waals surface area contributed by atoms with Gasteiger partial charge in [-0.25, -0.2) is 9.59 Å². The molecule has 1 aromatic carbocycles. The zero-order valence-corrected chi connectivity index (χ0v) is 14.0. The number of phenolic OH excluding ortho intramolecular Hbond substituents is 1. The van der Waals surface area contributed by atoms with Crippen molar-refractivity contribution in [1.29, 1.82) is 5.26 Å². The number of phenols is 1. The molecular weight excluding hydrogens is 326 g/mol. The molecule has 0 aliphatic carbocycles. The van der Waals surface area contributed by atoms with Crippen LogP contribution in [-0.4, -0.2) is 30.3 Å². The Morgan fingerprint density at radius 1 is 1.44 bits per heavy atom. The van der Waals surface area contributed by atoms with E-state index in [2.05, 4.69) is 10.6 Å². The number of rotatable bonds is 6. The number of hydrogen-bond donors (Lipinski definition) is 3. The van der Waals surface area contributed by atoms with Crippen LogP contribution in [0.2, 0.25) is 0 Å². The highest BCUT2D eigenvalue weighted by Crippen LogP contribution is 2.34. The lowest BCUT2D eigenvalue weighted by molar-refractivity contribution is -0.139. The maximum Gasteiger partial charge on any atom is 0.338 e. The summed E-state index contributed by atoms with van der Waals surface area (Å²) in [4.78, 5) is 24.2. The van der Waals surface area contributed by atoms with E-state index in [0.29, 0.717) is 17.9 Å². The van der Waals surface area contributed by atoms with Gasteiger partial charge in [-0.2, -0.15) is 5.26 Å². The molecule has 1 heterocycles. The van der Waals surface area contributed by atoms with Crippen LogP contribution in [-0.2, 0) is 9.53 Å². The molecule has 0 bridgehead atoms. The summed E-state index contributed by atoms with van der Waals surface area (Å²) in [6, 6.07) is 5.26. The van der Waals surface area contributed by atoms with Gasteiger partial charge in [-0.15, -0.1) is 0 Å². The molecule has 0 fully saturated rings. The van der Waals surface area contributed by atoms with Crippen molar-refractivity contribution in [2.75, 3.05) is 13.2 Å². The van der Waals surface area contributed by atoms with Crippen LogP contribution in [0.1, 0.15) is 31.9 Å². The summed E-state index contributed by atoms with van der Waals surface area (Å²) in [6.45, 7) is 3.69. The number of carbonyl (C=O) groups is 2. The number of hydrogen-bond acceptors (Lipinski definition) is 6. The molecule has 8 heteroatoms. The molecule has 2 amide bonds. The first-order chi connectivity index (χ1) is 12.0. The largest absolute Gasteiger partial charge is 0.504 e. The Morgan fingerprint density at radius 2 is 2.20 bits per heavy atom. The minimum Gasteiger partial charge on any atom is -0.504 e. The summed E-state index contributed by atoms with van der Waals surface area (Å²) in [7, 11) is 0. The first kappa shape index (κ1) is 18.1. The highest BCUT2D eigenvalue weighted by molar-refractivity contribution is 5.95. The molecule has 3 N–H and O–H groups in total. The lowest BCUT2D eigenvalue weighted by Crippen LogP contribution is -2.45.